The summed E-state index contributed by atoms with van der Waals surface area (Å²) in [6.07, 6.45) is -0.603. The fourth-order valence-electron chi connectivity index (χ4n) is 3.79. The molecule has 7 nitrogen and oxygen atoms in total. The molecular weight excluding hydrogens is 459 g/mol. The SMILES string of the molecule is O=C(NCc1ccc(S(=O)(=O)N2CCCCC2)cc1)n1ccc2cc(OC(F)(F)F)ccc21. The number of nitrogens with one attached hydrogen (secondary N) is 1. The summed E-state index contributed by atoms with van der Waals surface area (Å²) in [7, 11) is -3.52. The number of sulfonamides is 1. The summed E-state index contributed by atoms with van der Waals surface area (Å²) in [6.45, 7) is 1.20. The van der Waals surface area contributed by atoms with Gasteiger partial charge in [-0.1, -0.05) is 18.6 Å². The molecule has 0 spiro atoms. The van der Waals surface area contributed by atoms with Gasteiger partial charge in [0.1, 0.15) is 5.75 Å². The van der Waals surface area contributed by atoms with Crippen molar-refractivity contribution in [1.82, 2.24) is 14.2 Å². The van der Waals surface area contributed by atoms with Gasteiger partial charge in [0.25, 0.3) is 0 Å². The van der Waals surface area contributed by atoms with Crippen molar-refractivity contribution in [3.05, 3.63) is 60.3 Å². The lowest BCUT2D eigenvalue weighted by atomic mass is 10.2. The van der Waals surface area contributed by atoms with Crippen molar-refractivity contribution < 1.29 is 31.1 Å². The Morgan fingerprint density at radius 2 is 1.70 bits per heavy atom. The van der Waals surface area contributed by atoms with Gasteiger partial charge in [0.05, 0.1) is 10.4 Å². The third kappa shape index (κ3) is 5.31. The second kappa shape index (κ2) is 9.06. The highest BCUT2D eigenvalue weighted by atomic mass is 32.2. The van der Waals surface area contributed by atoms with E-state index in [1.54, 1.807) is 12.1 Å². The number of carbonyl (C=O) groups excluding carboxylic acids is 1. The molecule has 2 heterocycles. The Kier molecular flexibility index (Phi) is 6.35. The van der Waals surface area contributed by atoms with E-state index in [2.05, 4.69) is 10.1 Å². The molecule has 4 rings (SSSR count). The summed E-state index contributed by atoms with van der Waals surface area (Å²) in [4.78, 5) is 12.8. The van der Waals surface area contributed by atoms with Crippen LogP contribution in [0.15, 0.2) is 59.6 Å². The van der Waals surface area contributed by atoms with E-state index in [9.17, 15) is 26.4 Å². The summed E-state index contributed by atoms with van der Waals surface area (Å²) >= 11 is 0. The van der Waals surface area contributed by atoms with Crippen LogP contribution in [-0.4, -0.2) is 42.8 Å². The Morgan fingerprint density at radius 3 is 2.36 bits per heavy atom. The molecular formula is C22H22F3N3O4S. The second-order valence-electron chi connectivity index (χ2n) is 7.72. The van der Waals surface area contributed by atoms with Crippen LogP contribution in [-0.2, 0) is 16.6 Å². The molecule has 0 aliphatic carbocycles. The summed E-state index contributed by atoms with van der Waals surface area (Å²) < 4.78 is 69.3. The smallest absolute Gasteiger partial charge is 0.406 e. The number of hydrogen-bond acceptors (Lipinski definition) is 4. The summed E-state index contributed by atoms with van der Waals surface area (Å²) in [5, 5.41) is 3.14. The molecule has 0 atom stereocenters. The average Bonchev–Trinajstić information content (AvgIpc) is 3.20. The molecule has 1 N–H and O–H groups in total. The quantitative estimate of drug-likeness (QED) is 0.583. The van der Waals surface area contributed by atoms with Gasteiger partial charge in [0, 0.05) is 31.2 Å². The van der Waals surface area contributed by atoms with Crippen LogP contribution in [0.2, 0.25) is 0 Å². The van der Waals surface area contributed by atoms with E-state index in [1.807, 2.05) is 0 Å². The lowest BCUT2D eigenvalue weighted by Gasteiger charge is -2.25. The highest BCUT2D eigenvalue weighted by Crippen LogP contribution is 2.27. The maximum Gasteiger partial charge on any atom is 0.573 e. The van der Waals surface area contributed by atoms with Gasteiger partial charge in [-0.25, -0.2) is 13.2 Å². The number of amides is 1. The largest absolute Gasteiger partial charge is 0.573 e. The first-order chi connectivity index (χ1) is 15.6. The van der Waals surface area contributed by atoms with Gasteiger partial charge in [0.15, 0.2) is 0 Å². The Morgan fingerprint density at radius 1 is 1.00 bits per heavy atom. The van der Waals surface area contributed by atoms with E-state index >= 15 is 0 Å². The molecule has 2 aromatic carbocycles. The Labute approximate surface area is 188 Å². The number of benzene rings is 2. The van der Waals surface area contributed by atoms with Gasteiger partial charge in [-0.15, -0.1) is 13.2 Å². The van der Waals surface area contributed by atoms with Gasteiger partial charge in [0.2, 0.25) is 10.0 Å². The van der Waals surface area contributed by atoms with Crippen LogP contribution < -0.4 is 10.1 Å². The minimum Gasteiger partial charge on any atom is -0.406 e. The van der Waals surface area contributed by atoms with Crippen molar-refractivity contribution >= 4 is 27.0 Å². The normalized spacial score (nSPS) is 15.5. The standard InChI is InChI=1S/C22H22F3N3O4S/c23-22(24,25)32-18-6-9-20-17(14-18)10-13-28(20)21(29)26-15-16-4-7-19(8-5-16)33(30,31)27-11-2-1-3-12-27/h4-10,13-14H,1-3,11-12,15H2,(H,26,29). The molecule has 0 saturated carbocycles. The Balaban J connectivity index is 1.41. The third-order valence-electron chi connectivity index (χ3n) is 5.43. The van der Waals surface area contributed by atoms with Crippen molar-refractivity contribution in [3.8, 4) is 5.75 Å². The minimum absolute atomic E-state index is 0.151. The van der Waals surface area contributed by atoms with Gasteiger partial charge in [-0.3, -0.25) is 4.57 Å². The van der Waals surface area contributed by atoms with Crippen molar-refractivity contribution in [1.29, 1.82) is 0 Å². The molecule has 176 valence electrons. The summed E-state index contributed by atoms with van der Waals surface area (Å²) in [5.41, 5.74) is 1.13. The molecule has 1 aliphatic heterocycles. The first-order valence-electron chi connectivity index (χ1n) is 10.4. The van der Waals surface area contributed by atoms with Gasteiger partial charge < -0.3 is 10.1 Å². The number of aromatic nitrogens is 1. The predicted molar refractivity (Wildman–Crippen MR) is 115 cm³/mol. The van der Waals surface area contributed by atoms with Crippen LogP contribution in [0.1, 0.15) is 24.8 Å². The second-order valence-corrected chi connectivity index (χ2v) is 9.66. The highest BCUT2D eigenvalue weighted by molar-refractivity contribution is 7.89. The topological polar surface area (TPSA) is 80.6 Å². The molecule has 0 radical (unpaired) electrons. The van der Waals surface area contributed by atoms with E-state index < -0.39 is 22.4 Å². The van der Waals surface area contributed by atoms with Crippen molar-refractivity contribution in [2.24, 2.45) is 0 Å². The van der Waals surface area contributed by atoms with E-state index in [0.717, 1.165) is 25.3 Å². The van der Waals surface area contributed by atoms with E-state index in [4.69, 9.17) is 0 Å². The predicted octanol–water partition coefficient (Wildman–Crippen LogP) is 4.47. The van der Waals surface area contributed by atoms with Crippen LogP contribution in [0, 0.1) is 0 Å². The maximum absolute atomic E-state index is 12.7. The lowest BCUT2D eigenvalue weighted by Crippen LogP contribution is -2.35. The monoisotopic (exact) mass is 481 g/mol. The average molecular weight is 481 g/mol. The zero-order valence-corrected chi connectivity index (χ0v) is 18.3. The van der Waals surface area contributed by atoms with Crippen LogP contribution in [0.5, 0.6) is 5.75 Å². The summed E-state index contributed by atoms with van der Waals surface area (Å²) in [5.74, 6) is -0.368. The number of carbonyl (C=O) groups is 1. The molecule has 1 aliphatic rings. The van der Waals surface area contributed by atoms with E-state index in [0.29, 0.717) is 29.6 Å². The zero-order valence-electron chi connectivity index (χ0n) is 17.5. The Hall–Kier alpha value is -3.05. The molecule has 1 saturated heterocycles. The number of piperidine rings is 1. The molecule has 0 bridgehead atoms. The molecule has 3 aromatic rings. The van der Waals surface area contributed by atoms with Gasteiger partial charge >= 0.3 is 12.4 Å². The maximum atomic E-state index is 12.7. The fourth-order valence-corrected chi connectivity index (χ4v) is 5.31. The molecule has 1 amide bonds. The van der Waals surface area contributed by atoms with Crippen LogP contribution in [0.4, 0.5) is 18.0 Å². The number of halogens is 3. The number of fused-ring (bicyclic) bond motifs is 1. The molecule has 0 unspecified atom stereocenters. The fraction of sp³-hybridized carbons (Fsp3) is 0.318. The number of rotatable bonds is 5. The van der Waals surface area contributed by atoms with E-state index in [1.165, 1.54) is 45.4 Å². The zero-order chi connectivity index (χ0) is 23.6. The number of nitrogens with zero attached hydrogens (tertiary/aromatic N) is 2. The van der Waals surface area contributed by atoms with Crippen molar-refractivity contribution in [2.75, 3.05) is 13.1 Å². The number of ether oxygens (including phenoxy) is 1. The first kappa shape index (κ1) is 23.1. The van der Waals surface area contributed by atoms with Crippen LogP contribution in [0.3, 0.4) is 0 Å². The number of hydrogen-bond donors (Lipinski definition) is 1. The molecule has 1 aromatic heterocycles. The van der Waals surface area contributed by atoms with E-state index in [-0.39, 0.29) is 17.2 Å². The number of alkyl halides is 3. The molecule has 33 heavy (non-hydrogen) atoms. The van der Waals surface area contributed by atoms with Crippen LogP contribution >= 0.6 is 0 Å². The van der Waals surface area contributed by atoms with Gasteiger partial charge in [-0.05, 0) is 54.8 Å². The Bertz CT molecular complexity index is 1250. The van der Waals surface area contributed by atoms with Crippen molar-refractivity contribution in [2.45, 2.75) is 37.1 Å². The van der Waals surface area contributed by atoms with Crippen molar-refractivity contribution in [3.63, 3.8) is 0 Å². The minimum atomic E-state index is -4.80. The van der Waals surface area contributed by atoms with Crippen LogP contribution in [0.25, 0.3) is 10.9 Å². The lowest BCUT2D eigenvalue weighted by molar-refractivity contribution is -0.274. The third-order valence-corrected chi connectivity index (χ3v) is 7.35. The highest BCUT2D eigenvalue weighted by Gasteiger charge is 2.31. The summed E-state index contributed by atoms with van der Waals surface area (Å²) in [6, 6.07) is 11.1. The first-order valence-corrected chi connectivity index (χ1v) is 11.8. The van der Waals surface area contributed by atoms with Gasteiger partial charge in [-0.2, -0.15) is 4.31 Å². The molecule has 1 fully saturated rings. The molecule has 11 heteroatoms.